The first-order chi connectivity index (χ1) is 9.74. The largest absolute Gasteiger partial charge is 0.496 e. The molecule has 1 aliphatic heterocycles. The summed E-state index contributed by atoms with van der Waals surface area (Å²) in [4.78, 5) is 2.64. The van der Waals surface area contributed by atoms with Crippen LogP contribution >= 0.6 is 12.4 Å². The summed E-state index contributed by atoms with van der Waals surface area (Å²) in [5, 5.41) is 3.45. The standard InChI is InChI=1S/C17H28N2O.ClH/c1-4-11-19(16-7-9-18-10-8-16)13-15-6-5-14(2)17(12-15)20-3;/h5-6,12,16,18H,4,7-11,13H2,1-3H3;1H. The molecular weight excluding hydrogens is 284 g/mol. The van der Waals surface area contributed by atoms with Crippen LogP contribution in [-0.4, -0.2) is 37.7 Å². The minimum absolute atomic E-state index is 0. The smallest absolute Gasteiger partial charge is 0.122 e. The van der Waals surface area contributed by atoms with Crippen molar-refractivity contribution >= 4 is 12.4 Å². The van der Waals surface area contributed by atoms with E-state index in [2.05, 4.69) is 42.3 Å². The molecule has 0 radical (unpaired) electrons. The second kappa shape index (κ2) is 9.29. The van der Waals surface area contributed by atoms with Crippen molar-refractivity contribution in [3.8, 4) is 5.75 Å². The number of benzene rings is 1. The van der Waals surface area contributed by atoms with E-state index in [1.165, 1.54) is 36.9 Å². The van der Waals surface area contributed by atoms with Crippen LogP contribution in [0.1, 0.15) is 37.3 Å². The van der Waals surface area contributed by atoms with Gasteiger partial charge in [-0.3, -0.25) is 4.90 Å². The molecule has 0 amide bonds. The zero-order valence-electron chi connectivity index (χ0n) is 13.5. The number of hydrogen-bond donors (Lipinski definition) is 1. The zero-order valence-corrected chi connectivity index (χ0v) is 14.3. The summed E-state index contributed by atoms with van der Waals surface area (Å²) in [6, 6.07) is 7.32. The number of methoxy groups -OCH3 is 1. The van der Waals surface area contributed by atoms with E-state index in [-0.39, 0.29) is 12.4 Å². The third-order valence-electron chi connectivity index (χ3n) is 4.19. The second-order valence-corrected chi connectivity index (χ2v) is 5.76. The van der Waals surface area contributed by atoms with Crippen molar-refractivity contribution in [2.45, 2.75) is 45.7 Å². The molecule has 4 heteroatoms. The Morgan fingerprint density at radius 3 is 2.62 bits per heavy atom. The van der Waals surface area contributed by atoms with Crippen molar-refractivity contribution in [3.05, 3.63) is 29.3 Å². The predicted molar refractivity (Wildman–Crippen MR) is 91.6 cm³/mol. The molecule has 3 nitrogen and oxygen atoms in total. The summed E-state index contributed by atoms with van der Waals surface area (Å²) in [6.45, 7) is 8.89. The van der Waals surface area contributed by atoms with E-state index >= 15 is 0 Å². The van der Waals surface area contributed by atoms with E-state index in [0.717, 1.165) is 31.4 Å². The molecule has 0 saturated carbocycles. The van der Waals surface area contributed by atoms with Gasteiger partial charge >= 0.3 is 0 Å². The summed E-state index contributed by atoms with van der Waals surface area (Å²) < 4.78 is 5.44. The van der Waals surface area contributed by atoms with Crippen LogP contribution in [0.15, 0.2) is 18.2 Å². The van der Waals surface area contributed by atoms with Gasteiger partial charge in [0, 0.05) is 12.6 Å². The third-order valence-corrected chi connectivity index (χ3v) is 4.19. The minimum Gasteiger partial charge on any atom is -0.496 e. The van der Waals surface area contributed by atoms with Gasteiger partial charge in [0.2, 0.25) is 0 Å². The molecule has 1 heterocycles. The Morgan fingerprint density at radius 2 is 2.00 bits per heavy atom. The maximum Gasteiger partial charge on any atom is 0.122 e. The van der Waals surface area contributed by atoms with Gasteiger partial charge in [-0.15, -0.1) is 12.4 Å². The molecule has 1 aliphatic rings. The van der Waals surface area contributed by atoms with Gasteiger partial charge < -0.3 is 10.1 Å². The Kier molecular flexibility index (Phi) is 8.09. The minimum atomic E-state index is 0. The quantitative estimate of drug-likeness (QED) is 0.871. The highest BCUT2D eigenvalue weighted by Gasteiger charge is 2.20. The van der Waals surface area contributed by atoms with Crippen LogP contribution in [0.3, 0.4) is 0 Å². The summed E-state index contributed by atoms with van der Waals surface area (Å²) in [7, 11) is 1.75. The normalized spacial score (nSPS) is 15.8. The molecular formula is C17H29ClN2O. The number of rotatable bonds is 6. The van der Waals surface area contributed by atoms with Crippen LogP contribution < -0.4 is 10.1 Å². The van der Waals surface area contributed by atoms with Gasteiger partial charge in [-0.05, 0) is 63.0 Å². The SMILES string of the molecule is CCCN(Cc1ccc(C)c(OC)c1)C1CCNCC1.Cl. The van der Waals surface area contributed by atoms with Gasteiger partial charge in [0.25, 0.3) is 0 Å². The molecule has 1 aromatic carbocycles. The lowest BCUT2D eigenvalue weighted by Crippen LogP contribution is -2.43. The molecule has 1 N–H and O–H groups in total. The Balaban J connectivity index is 0.00000220. The van der Waals surface area contributed by atoms with Crippen molar-refractivity contribution in [2.24, 2.45) is 0 Å². The molecule has 0 aliphatic carbocycles. The molecule has 1 saturated heterocycles. The highest BCUT2D eigenvalue weighted by atomic mass is 35.5. The maximum absolute atomic E-state index is 5.44. The summed E-state index contributed by atoms with van der Waals surface area (Å²) >= 11 is 0. The fourth-order valence-electron chi connectivity index (χ4n) is 3.05. The van der Waals surface area contributed by atoms with Gasteiger partial charge in [-0.1, -0.05) is 19.1 Å². The third kappa shape index (κ3) is 5.17. The topological polar surface area (TPSA) is 24.5 Å². The first-order valence-corrected chi connectivity index (χ1v) is 7.83. The van der Waals surface area contributed by atoms with Crippen molar-refractivity contribution in [1.29, 1.82) is 0 Å². The lowest BCUT2D eigenvalue weighted by atomic mass is 10.0. The van der Waals surface area contributed by atoms with Crippen LogP contribution in [0.25, 0.3) is 0 Å². The van der Waals surface area contributed by atoms with Gasteiger partial charge in [-0.2, -0.15) is 0 Å². The number of nitrogens with zero attached hydrogens (tertiary/aromatic N) is 1. The molecule has 1 fully saturated rings. The Labute approximate surface area is 135 Å². The van der Waals surface area contributed by atoms with Crippen LogP contribution in [-0.2, 0) is 6.54 Å². The van der Waals surface area contributed by atoms with Gasteiger partial charge in [0.1, 0.15) is 5.75 Å². The van der Waals surface area contributed by atoms with Crippen molar-refractivity contribution in [2.75, 3.05) is 26.7 Å². The molecule has 21 heavy (non-hydrogen) atoms. The molecule has 0 spiro atoms. The number of aryl methyl sites for hydroxylation is 1. The lowest BCUT2D eigenvalue weighted by Gasteiger charge is -2.34. The molecule has 0 bridgehead atoms. The number of hydrogen-bond acceptors (Lipinski definition) is 3. The number of nitrogens with one attached hydrogen (secondary N) is 1. The zero-order chi connectivity index (χ0) is 14.4. The fraction of sp³-hybridized carbons (Fsp3) is 0.647. The molecule has 0 atom stereocenters. The van der Waals surface area contributed by atoms with Crippen LogP contribution in [0.5, 0.6) is 5.75 Å². The molecule has 120 valence electrons. The Morgan fingerprint density at radius 1 is 1.29 bits per heavy atom. The van der Waals surface area contributed by atoms with Crippen molar-refractivity contribution in [3.63, 3.8) is 0 Å². The molecule has 0 aromatic heterocycles. The van der Waals surface area contributed by atoms with E-state index in [9.17, 15) is 0 Å². The molecule has 0 unspecified atom stereocenters. The van der Waals surface area contributed by atoms with Crippen molar-refractivity contribution in [1.82, 2.24) is 10.2 Å². The molecule has 1 aromatic rings. The predicted octanol–water partition coefficient (Wildman–Crippen LogP) is 3.39. The van der Waals surface area contributed by atoms with Crippen molar-refractivity contribution < 1.29 is 4.74 Å². The number of piperidine rings is 1. The average molecular weight is 313 g/mol. The van der Waals surface area contributed by atoms with Gasteiger partial charge in [-0.25, -0.2) is 0 Å². The van der Waals surface area contributed by atoms with Gasteiger partial charge in [0.15, 0.2) is 0 Å². The van der Waals surface area contributed by atoms with E-state index in [0.29, 0.717) is 0 Å². The summed E-state index contributed by atoms with van der Waals surface area (Å²) in [5.41, 5.74) is 2.57. The highest BCUT2D eigenvalue weighted by molar-refractivity contribution is 5.85. The van der Waals surface area contributed by atoms with Crippen LogP contribution in [0.4, 0.5) is 0 Å². The summed E-state index contributed by atoms with van der Waals surface area (Å²) in [6.07, 6.45) is 3.75. The first kappa shape index (κ1) is 18.3. The Bertz CT molecular complexity index is 419. The van der Waals surface area contributed by atoms with Gasteiger partial charge in [0.05, 0.1) is 7.11 Å². The lowest BCUT2D eigenvalue weighted by molar-refractivity contribution is 0.154. The maximum atomic E-state index is 5.44. The second-order valence-electron chi connectivity index (χ2n) is 5.76. The van der Waals surface area contributed by atoms with E-state index in [1.807, 2.05) is 0 Å². The number of halogens is 1. The fourth-order valence-corrected chi connectivity index (χ4v) is 3.05. The monoisotopic (exact) mass is 312 g/mol. The number of ether oxygens (including phenoxy) is 1. The van der Waals surface area contributed by atoms with E-state index in [1.54, 1.807) is 7.11 Å². The van der Waals surface area contributed by atoms with E-state index in [4.69, 9.17) is 4.74 Å². The van der Waals surface area contributed by atoms with Crippen LogP contribution in [0, 0.1) is 6.92 Å². The summed E-state index contributed by atoms with van der Waals surface area (Å²) in [5.74, 6) is 1.00. The van der Waals surface area contributed by atoms with Crippen LogP contribution in [0.2, 0.25) is 0 Å². The first-order valence-electron chi connectivity index (χ1n) is 7.83. The Hall–Kier alpha value is -0.770. The van der Waals surface area contributed by atoms with E-state index < -0.39 is 0 Å². The molecule has 2 rings (SSSR count). The highest BCUT2D eigenvalue weighted by Crippen LogP contribution is 2.22. The average Bonchev–Trinajstić information content (AvgIpc) is 2.49.